The summed E-state index contributed by atoms with van der Waals surface area (Å²) in [7, 11) is 0. The number of thioether (sulfide) groups is 1. The molecule has 1 unspecified atom stereocenters. The minimum absolute atomic E-state index is 0.141. The van der Waals surface area contributed by atoms with E-state index in [1.54, 1.807) is 0 Å². The van der Waals surface area contributed by atoms with Gasteiger partial charge in [-0.2, -0.15) is 0 Å². The van der Waals surface area contributed by atoms with Gasteiger partial charge in [0.2, 0.25) is 11.0 Å². The molecule has 2 aromatic rings. The number of aromatic nitrogens is 2. The third-order valence-electron chi connectivity index (χ3n) is 3.74. The zero-order valence-electron chi connectivity index (χ0n) is 13.3. The van der Waals surface area contributed by atoms with Gasteiger partial charge in [-0.05, 0) is 38.3 Å². The number of rotatable bonds is 5. The van der Waals surface area contributed by atoms with Crippen LogP contribution in [0.4, 0.5) is 10.8 Å². The minimum atomic E-state index is -0.177. The fraction of sp³-hybridized carbons (Fsp3) is 0.438. The molecule has 1 aliphatic heterocycles. The van der Waals surface area contributed by atoms with Gasteiger partial charge >= 0.3 is 0 Å². The fourth-order valence-electron chi connectivity index (χ4n) is 2.66. The molecule has 0 aliphatic carbocycles. The van der Waals surface area contributed by atoms with Crippen molar-refractivity contribution in [3.05, 3.63) is 29.8 Å². The summed E-state index contributed by atoms with van der Waals surface area (Å²) < 4.78 is 0.826. The van der Waals surface area contributed by atoms with E-state index in [1.165, 1.54) is 28.7 Å². The van der Waals surface area contributed by atoms with E-state index in [0.717, 1.165) is 41.1 Å². The lowest BCUT2D eigenvalue weighted by Crippen LogP contribution is -2.40. The number of carbonyl (C=O) groups excluding carboxylic acids is 1. The Morgan fingerprint density at radius 1 is 1.43 bits per heavy atom. The second-order valence-electron chi connectivity index (χ2n) is 5.39. The van der Waals surface area contributed by atoms with Crippen molar-refractivity contribution in [2.45, 2.75) is 36.3 Å². The van der Waals surface area contributed by atoms with Gasteiger partial charge in [0.25, 0.3) is 0 Å². The van der Waals surface area contributed by atoms with Crippen molar-refractivity contribution < 1.29 is 4.79 Å². The highest BCUT2D eigenvalue weighted by Gasteiger charge is 2.27. The maximum absolute atomic E-state index is 12.8. The van der Waals surface area contributed by atoms with E-state index < -0.39 is 0 Å². The van der Waals surface area contributed by atoms with Gasteiger partial charge in [-0.15, -0.1) is 10.2 Å². The lowest BCUT2D eigenvalue weighted by Gasteiger charge is -2.31. The summed E-state index contributed by atoms with van der Waals surface area (Å²) in [5, 5.41) is 12.0. The Morgan fingerprint density at radius 2 is 2.26 bits per heavy atom. The van der Waals surface area contributed by atoms with Crippen molar-refractivity contribution in [1.29, 1.82) is 0 Å². The lowest BCUT2D eigenvalue weighted by atomic mass is 10.0. The molecule has 0 spiro atoms. The number of nitrogens with one attached hydrogen (secondary N) is 1. The van der Waals surface area contributed by atoms with Crippen LogP contribution < -0.4 is 10.2 Å². The molecule has 1 aromatic carbocycles. The first-order chi connectivity index (χ1) is 11.2. The number of amides is 1. The molecule has 0 saturated carbocycles. The Bertz CT molecular complexity index is 688. The number of para-hydroxylation sites is 1. The number of fused-ring (bicyclic) bond motifs is 1. The van der Waals surface area contributed by atoms with Gasteiger partial charge in [0.1, 0.15) is 0 Å². The Hall–Kier alpha value is -1.60. The van der Waals surface area contributed by atoms with Gasteiger partial charge in [-0.25, -0.2) is 0 Å². The van der Waals surface area contributed by atoms with Crippen LogP contribution in [0.3, 0.4) is 0 Å². The summed E-state index contributed by atoms with van der Waals surface area (Å²) in [6.45, 7) is 5.57. The molecule has 1 amide bonds. The number of aryl methyl sites for hydroxylation is 1. The first-order valence-electron chi connectivity index (χ1n) is 7.82. The molecule has 5 nitrogen and oxygen atoms in total. The van der Waals surface area contributed by atoms with E-state index in [0.29, 0.717) is 0 Å². The van der Waals surface area contributed by atoms with E-state index in [9.17, 15) is 4.79 Å². The molecule has 3 rings (SSSR count). The fourth-order valence-corrected chi connectivity index (χ4v) is 4.69. The van der Waals surface area contributed by atoms with Gasteiger partial charge in [0, 0.05) is 18.8 Å². The predicted molar refractivity (Wildman–Crippen MR) is 96.5 cm³/mol. The van der Waals surface area contributed by atoms with Crippen LogP contribution in [0.25, 0.3) is 0 Å². The monoisotopic (exact) mass is 348 g/mol. The van der Waals surface area contributed by atoms with Crippen molar-refractivity contribution in [2.24, 2.45) is 0 Å². The molecular formula is C16H20N4OS2. The summed E-state index contributed by atoms with van der Waals surface area (Å²) in [4.78, 5) is 14.8. The van der Waals surface area contributed by atoms with Crippen molar-refractivity contribution >= 4 is 39.8 Å². The van der Waals surface area contributed by atoms with Gasteiger partial charge in [-0.3, -0.25) is 4.79 Å². The molecule has 1 atom stereocenters. The predicted octanol–water partition coefficient (Wildman–Crippen LogP) is 3.43. The average Bonchev–Trinajstić information content (AvgIpc) is 3.01. The van der Waals surface area contributed by atoms with Crippen LogP contribution in [0.5, 0.6) is 0 Å². The summed E-state index contributed by atoms with van der Waals surface area (Å²) >= 11 is 2.97. The van der Waals surface area contributed by atoms with E-state index in [4.69, 9.17) is 0 Å². The zero-order valence-corrected chi connectivity index (χ0v) is 14.9. The van der Waals surface area contributed by atoms with Crippen LogP contribution >= 0.6 is 23.1 Å². The zero-order chi connectivity index (χ0) is 16.2. The number of hydrogen-bond donors (Lipinski definition) is 1. The van der Waals surface area contributed by atoms with Crippen molar-refractivity contribution in [3.63, 3.8) is 0 Å². The third kappa shape index (κ3) is 3.67. The second kappa shape index (κ2) is 7.31. The average molecular weight is 348 g/mol. The molecule has 122 valence electrons. The summed E-state index contributed by atoms with van der Waals surface area (Å²) in [5.41, 5.74) is 2.32. The normalized spacial score (nSPS) is 15.1. The molecule has 0 fully saturated rings. The summed E-state index contributed by atoms with van der Waals surface area (Å²) in [5.74, 6) is 0.141. The van der Waals surface area contributed by atoms with Gasteiger partial charge in [0.15, 0.2) is 4.34 Å². The number of nitrogens with zero attached hydrogens (tertiary/aromatic N) is 3. The Morgan fingerprint density at radius 3 is 3.09 bits per heavy atom. The van der Waals surface area contributed by atoms with Crippen molar-refractivity contribution in [2.75, 3.05) is 23.3 Å². The largest absolute Gasteiger partial charge is 0.360 e. The van der Waals surface area contributed by atoms with Gasteiger partial charge < -0.3 is 10.2 Å². The van der Waals surface area contributed by atoms with Gasteiger partial charge in [-0.1, -0.05) is 41.3 Å². The number of carbonyl (C=O) groups is 1. The highest BCUT2D eigenvalue weighted by molar-refractivity contribution is 8.02. The number of benzene rings is 1. The maximum Gasteiger partial charge on any atom is 0.240 e. The molecule has 0 radical (unpaired) electrons. The van der Waals surface area contributed by atoms with Crippen molar-refractivity contribution in [3.8, 4) is 0 Å². The molecule has 1 aromatic heterocycles. The van der Waals surface area contributed by atoms with Crippen molar-refractivity contribution in [1.82, 2.24) is 10.2 Å². The lowest BCUT2D eigenvalue weighted by molar-refractivity contribution is -0.117. The molecule has 23 heavy (non-hydrogen) atoms. The highest BCUT2D eigenvalue weighted by atomic mass is 32.2. The first-order valence-corrected chi connectivity index (χ1v) is 9.52. The van der Waals surface area contributed by atoms with Crippen LogP contribution in [0.1, 0.15) is 25.8 Å². The van der Waals surface area contributed by atoms with Crippen LogP contribution in [-0.4, -0.2) is 34.4 Å². The molecule has 7 heteroatoms. The van der Waals surface area contributed by atoms with E-state index in [-0.39, 0.29) is 11.2 Å². The smallest absolute Gasteiger partial charge is 0.240 e. The molecular weight excluding hydrogens is 328 g/mol. The molecule has 0 bridgehead atoms. The second-order valence-corrected chi connectivity index (χ2v) is 7.95. The maximum atomic E-state index is 12.8. The van der Waals surface area contributed by atoms with Crippen LogP contribution in [-0.2, 0) is 11.2 Å². The van der Waals surface area contributed by atoms with Crippen LogP contribution in [0.2, 0.25) is 0 Å². The third-order valence-corrected chi connectivity index (χ3v) is 5.79. The van der Waals surface area contributed by atoms with Crippen LogP contribution in [0, 0.1) is 0 Å². The highest BCUT2D eigenvalue weighted by Crippen LogP contribution is 2.32. The van der Waals surface area contributed by atoms with Crippen LogP contribution in [0.15, 0.2) is 28.6 Å². The number of hydrogen-bond acceptors (Lipinski definition) is 6. The summed E-state index contributed by atoms with van der Waals surface area (Å²) in [6.07, 6.45) is 2.06. The SMILES string of the molecule is CCNc1nnc(SC(C)C(=O)N2CCCc3ccccc32)s1. The van der Waals surface area contributed by atoms with E-state index >= 15 is 0 Å². The molecule has 2 heterocycles. The Kier molecular flexibility index (Phi) is 5.17. The van der Waals surface area contributed by atoms with E-state index in [1.807, 2.05) is 36.9 Å². The Balaban J connectivity index is 1.70. The topological polar surface area (TPSA) is 58.1 Å². The number of anilines is 2. The standard InChI is InChI=1S/C16H20N4OS2/c1-3-17-15-18-19-16(23-15)22-11(2)14(21)20-10-6-8-12-7-4-5-9-13(12)20/h4-5,7,9,11H,3,6,8,10H2,1-2H3,(H,17,18). The van der Waals surface area contributed by atoms with Gasteiger partial charge in [0.05, 0.1) is 5.25 Å². The van der Waals surface area contributed by atoms with E-state index in [2.05, 4.69) is 21.6 Å². The minimum Gasteiger partial charge on any atom is -0.360 e. The first kappa shape index (κ1) is 16.3. The quantitative estimate of drug-likeness (QED) is 0.839. The molecule has 1 N–H and O–H groups in total. The Labute approximate surface area is 144 Å². The molecule has 0 saturated heterocycles. The summed E-state index contributed by atoms with van der Waals surface area (Å²) in [6, 6.07) is 8.18. The molecule has 1 aliphatic rings.